The van der Waals surface area contributed by atoms with Crippen molar-refractivity contribution in [3.05, 3.63) is 23.7 Å². The van der Waals surface area contributed by atoms with Gasteiger partial charge in [-0.1, -0.05) is 0 Å². The van der Waals surface area contributed by atoms with Crippen LogP contribution in [-0.2, 0) is 14.3 Å². The van der Waals surface area contributed by atoms with Crippen LogP contribution >= 0.6 is 0 Å². The van der Waals surface area contributed by atoms with Gasteiger partial charge in [0.2, 0.25) is 11.8 Å². The molecule has 132 valence electrons. The molecule has 3 heterocycles. The molecule has 1 aromatic heterocycles. The average molecular weight is 335 g/mol. The molecule has 1 aromatic rings. The fraction of sp³-hybridized carbons (Fsp3) is 0.647. The zero-order valence-corrected chi connectivity index (χ0v) is 14.3. The molecular weight excluding hydrogens is 310 g/mol. The summed E-state index contributed by atoms with van der Waals surface area (Å²) in [5.41, 5.74) is 0. The van der Waals surface area contributed by atoms with Crippen LogP contribution in [0.4, 0.5) is 0 Å². The van der Waals surface area contributed by atoms with Crippen LogP contribution in [0.3, 0.4) is 0 Å². The number of hydrogen-bond acceptors (Lipinski definition) is 5. The highest BCUT2D eigenvalue weighted by atomic mass is 16.5. The number of carbonyl (C=O) groups is 2. The topological polar surface area (TPSA) is 75.0 Å². The average Bonchev–Trinajstić information content (AvgIpc) is 3.15. The fourth-order valence-electron chi connectivity index (χ4n) is 3.31. The molecule has 3 rings (SSSR count). The number of amides is 2. The smallest absolute Gasteiger partial charge is 0.225 e. The van der Waals surface area contributed by atoms with Gasteiger partial charge in [-0.2, -0.15) is 0 Å². The minimum atomic E-state index is -0.258. The normalized spacial score (nSPS) is 23.5. The molecule has 2 atom stereocenters. The maximum atomic E-state index is 12.4. The first-order valence-corrected chi connectivity index (χ1v) is 8.44. The molecule has 2 amide bonds. The third-order valence-electron chi connectivity index (χ3n) is 4.76. The van der Waals surface area contributed by atoms with Gasteiger partial charge in [-0.15, -0.1) is 0 Å². The van der Waals surface area contributed by atoms with Gasteiger partial charge in [0.15, 0.2) is 0 Å². The van der Waals surface area contributed by atoms with Gasteiger partial charge in [-0.3, -0.25) is 14.5 Å². The zero-order valence-electron chi connectivity index (χ0n) is 14.3. The van der Waals surface area contributed by atoms with Crippen LogP contribution in [0.15, 0.2) is 16.5 Å². The molecule has 7 heteroatoms. The second-order valence-electron chi connectivity index (χ2n) is 6.53. The van der Waals surface area contributed by atoms with Crippen molar-refractivity contribution in [2.24, 2.45) is 5.92 Å². The van der Waals surface area contributed by atoms with E-state index in [0.717, 1.165) is 24.6 Å². The SMILES string of the molecule is Cc1ccc([C@H](CNC(=O)[C@@H]2CC(=O)N(C)C2)N2CCOCC2)o1. The standard InChI is InChI=1S/C17H25N3O4/c1-12-3-4-15(24-12)14(20-5-7-23-8-6-20)10-18-17(22)13-9-16(21)19(2)11-13/h3-4,13-14H,5-11H2,1-2H3,(H,18,22)/t13-,14+/m1/s1. The molecule has 0 saturated carbocycles. The second kappa shape index (κ2) is 7.36. The van der Waals surface area contributed by atoms with E-state index in [-0.39, 0.29) is 23.8 Å². The van der Waals surface area contributed by atoms with Gasteiger partial charge in [0, 0.05) is 39.6 Å². The van der Waals surface area contributed by atoms with Crippen molar-refractivity contribution in [2.45, 2.75) is 19.4 Å². The van der Waals surface area contributed by atoms with Crippen molar-refractivity contribution in [1.29, 1.82) is 0 Å². The summed E-state index contributed by atoms with van der Waals surface area (Å²) in [5.74, 6) is 1.42. The third-order valence-corrected chi connectivity index (χ3v) is 4.76. The Bertz CT molecular complexity index is 594. The molecule has 7 nitrogen and oxygen atoms in total. The molecule has 24 heavy (non-hydrogen) atoms. The first-order chi connectivity index (χ1) is 11.5. The van der Waals surface area contributed by atoms with Crippen molar-refractivity contribution in [2.75, 3.05) is 46.4 Å². The van der Waals surface area contributed by atoms with Crippen LogP contribution in [0.25, 0.3) is 0 Å². The van der Waals surface area contributed by atoms with E-state index in [2.05, 4.69) is 10.2 Å². The van der Waals surface area contributed by atoms with E-state index in [0.29, 0.717) is 32.7 Å². The highest BCUT2D eigenvalue weighted by molar-refractivity contribution is 5.89. The number of furan rings is 1. The first-order valence-electron chi connectivity index (χ1n) is 8.44. The number of rotatable bonds is 5. The van der Waals surface area contributed by atoms with E-state index < -0.39 is 0 Å². The molecule has 1 N–H and O–H groups in total. The second-order valence-corrected chi connectivity index (χ2v) is 6.53. The number of hydrogen-bond donors (Lipinski definition) is 1. The Morgan fingerprint density at radius 1 is 1.38 bits per heavy atom. The lowest BCUT2D eigenvalue weighted by Gasteiger charge is -2.33. The highest BCUT2D eigenvalue weighted by Crippen LogP contribution is 2.24. The summed E-state index contributed by atoms with van der Waals surface area (Å²) in [6.07, 6.45) is 0.296. The monoisotopic (exact) mass is 335 g/mol. The molecule has 2 aliphatic rings. The van der Waals surface area contributed by atoms with Gasteiger partial charge in [0.05, 0.1) is 25.2 Å². The Morgan fingerprint density at radius 2 is 2.12 bits per heavy atom. The number of aryl methyl sites for hydroxylation is 1. The maximum Gasteiger partial charge on any atom is 0.225 e. The molecular formula is C17H25N3O4. The van der Waals surface area contributed by atoms with E-state index in [4.69, 9.17) is 9.15 Å². The van der Waals surface area contributed by atoms with E-state index >= 15 is 0 Å². The molecule has 2 saturated heterocycles. The molecule has 0 aliphatic carbocycles. The Morgan fingerprint density at radius 3 is 2.71 bits per heavy atom. The quantitative estimate of drug-likeness (QED) is 0.851. The van der Waals surface area contributed by atoms with Gasteiger partial charge in [0.1, 0.15) is 11.5 Å². The molecule has 0 unspecified atom stereocenters. The van der Waals surface area contributed by atoms with E-state index in [1.165, 1.54) is 0 Å². The summed E-state index contributed by atoms with van der Waals surface area (Å²) in [6, 6.07) is 3.89. The fourth-order valence-corrected chi connectivity index (χ4v) is 3.31. The highest BCUT2D eigenvalue weighted by Gasteiger charge is 2.33. The summed E-state index contributed by atoms with van der Waals surface area (Å²) in [7, 11) is 1.73. The van der Waals surface area contributed by atoms with Gasteiger partial charge in [0.25, 0.3) is 0 Å². The molecule has 0 radical (unpaired) electrons. The Hall–Kier alpha value is -1.86. The summed E-state index contributed by atoms with van der Waals surface area (Å²) in [4.78, 5) is 27.9. The molecule has 0 spiro atoms. The minimum absolute atomic E-state index is 0.0126. The third kappa shape index (κ3) is 3.79. The van der Waals surface area contributed by atoms with Crippen LogP contribution < -0.4 is 5.32 Å². The van der Waals surface area contributed by atoms with Crippen molar-refractivity contribution in [3.63, 3.8) is 0 Å². The van der Waals surface area contributed by atoms with Crippen molar-refractivity contribution in [1.82, 2.24) is 15.1 Å². The Kier molecular flexibility index (Phi) is 5.20. The van der Waals surface area contributed by atoms with Gasteiger partial charge in [-0.25, -0.2) is 0 Å². The Labute approximate surface area is 141 Å². The predicted octanol–water partition coefficient (Wildman–Crippen LogP) is 0.556. The number of likely N-dealkylation sites (tertiary alicyclic amines) is 1. The summed E-state index contributed by atoms with van der Waals surface area (Å²) >= 11 is 0. The van der Waals surface area contributed by atoms with Gasteiger partial charge in [-0.05, 0) is 19.1 Å². The number of ether oxygens (including phenoxy) is 1. The van der Waals surface area contributed by atoms with Crippen LogP contribution in [0.2, 0.25) is 0 Å². The van der Waals surface area contributed by atoms with Crippen LogP contribution in [0.1, 0.15) is 24.0 Å². The van der Waals surface area contributed by atoms with Crippen molar-refractivity contribution < 1.29 is 18.7 Å². The largest absolute Gasteiger partial charge is 0.465 e. The van der Waals surface area contributed by atoms with Crippen LogP contribution in [-0.4, -0.2) is 68.1 Å². The lowest BCUT2D eigenvalue weighted by molar-refractivity contribution is -0.128. The number of carbonyl (C=O) groups excluding carboxylic acids is 2. The zero-order chi connectivity index (χ0) is 17.1. The lowest BCUT2D eigenvalue weighted by Crippen LogP contribution is -2.44. The molecule has 0 bridgehead atoms. The van der Waals surface area contributed by atoms with E-state index in [1.54, 1.807) is 11.9 Å². The lowest BCUT2D eigenvalue weighted by atomic mass is 10.1. The Balaban J connectivity index is 1.63. The van der Waals surface area contributed by atoms with Gasteiger partial charge < -0.3 is 19.4 Å². The molecule has 0 aromatic carbocycles. The summed E-state index contributed by atoms with van der Waals surface area (Å²) in [5, 5.41) is 3.01. The van der Waals surface area contributed by atoms with Crippen molar-refractivity contribution in [3.8, 4) is 0 Å². The summed E-state index contributed by atoms with van der Waals surface area (Å²) in [6.45, 7) is 5.87. The van der Waals surface area contributed by atoms with E-state index in [9.17, 15) is 9.59 Å². The minimum Gasteiger partial charge on any atom is -0.465 e. The first kappa shape index (κ1) is 17.0. The molecule has 2 fully saturated rings. The summed E-state index contributed by atoms with van der Waals surface area (Å²) < 4.78 is 11.2. The molecule has 2 aliphatic heterocycles. The van der Waals surface area contributed by atoms with Crippen molar-refractivity contribution >= 4 is 11.8 Å². The number of nitrogens with one attached hydrogen (secondary N) is 1. The predicted molar refractivity (Wildman–Crippen MR) is 87.3 cm³/mol. The van der Waals surface area contributed by atoms with E-state index in [1.807, 2.05) is 19.1 Å². The maximum absolute atomic E-state index is 12.4. The van der Waals surface area contributed by atoms with Crippen LogP contribution in [0.5, 0.6) is 0 Å². The van der Waals surface area contributed by atoms with Gasteiger partial charge >= 0.3 is 0 Å². The number of morpholine rings is 1. The van der Waals surface area contributed by atoms with Crippen LogP contribution in [0, 0.1) is 12.8 Å². The number of nitrogens with zero attached hydrogens (tertiary/aromatic N) is 2.